The smallest absolute Gasteiger partial charge is 0.266 e. The zero-order valence-electron chi connectivity index (χ0n) is 14.4. The molecule has 0 saturated heterocycles. The third-order valence-corrected chi connectivity index (χ3v) is 4.30. The maximum Gasteiger partial charge on any atom is 0.266 e. The van der Waals surface area contributed by atoms with Gasteiger partial charge in [0, 0.05) is 23.9 Å². The Morgan fingerprint density at radius 3 is 2.58 bits per heavy atom. The number of benzene rings is 1. The molecular formula is C21H18N3O2+. The second kappa shape index (κ2) is 6.80. The molecule has 0 bridgehead atoms. The minimum absolute atomic E-state index is 0.0758. The summed E-state index contributed by atoms with van der Waals surface area (Å²) in [5.41, 5.74) is 3.27. The van der Waals surface area contributed by atoms with Crippen LogP contribution in [0.2, 0.25) is 0 Å². The highest BCUT2D eigenvalue weighted by atomic mass is 16.5. The zero-order valence-corrected chi connectivity index (χ0v) is 14.4. The first-order valence-electron chi connectivity index (χ1n) is 8.37. The summed E-state index contributed by atoms with van der Waals surface area (Å²) < 4.78 is 7.59. The molecule has 1 amide bonds. The van der Waals surface area contributed by atoms with Crippen molar-refractivity contribution in [3.8, 4) is 17.0 Å². The number of allylic oxidation sites excluding steroid dienone is 1. The number of carbonyl (C=O) groups is 1. The van der Waals surface area contributed by atoms with E-state index in [-0.39, 0.29) is 5.91 Å². The van der Waals surface area contributed by atoms with Crippen LogP contribution < -0.4 is 9.30 Å². The molecule has 2 aromatic heterocycles. The molecule has 1 aliphatic heterocycles. The molecule has 0 N–H and O–H groups in total. The number of fused-ring (bicyclic) bond motifs is 1. The standard InChI is InChI=1S/C21H18N3O2/c1-16-14-26-20-8-3-2-6-18(20)21(25)24(16)15-23-12-9-17(10-13-23)19-7-4-5-11-22-19/h2-14H,15H2,1H3/q+1. The lowest BCUT2D eigenvalue weighted by Crippen LogP contribution is -2.45. The fourth-order valence-electron chi connectivity index (χ4n) is 2.86. The van der Waals surface area contributed by atoms with Crippen LogP contribution in [-0.4, -0.2) is 15.8 Å². The highest BCUT2D eigenvalue weighted by Gasteiger charge is 2.26. The summed E-state index contributed by atoms with van der Waals surface area (Å²) in [7, 11) is 0. The molecule has 5 heteroatoms. The number of nitrogens with zero attached hydrogens (tertiary/aromatic N) is 3. The molecule has 0 aliphatic carbocycles. The Labute approximate surface area is 151 Å². The van der Waals surface area contributed by atoms with Gasteiger partial charge in [-0.3, -0.25) is 14.7 Å². The molecule has 0 unspecified atom stereocenters. The third-order valence-electron chi connectivity index (χ3n) is 4.30. The van der Waals surface area contributed by atoms with Crippen LogP contribution >= 0.6 is 0 Å². The minimum Gasteiger partial charge on any atom is -0.462 e. The second-order valence-corrected chi connectivity index (χ2v) is 6.06. The lowest BCUT2D eigenvalue weighted by atomic mass is 10.1. The molecule has 0 fully saturated rings. The van der Waals surface area contributed by atoms with Crippen molar-refractivity contribution < 1.29 is 14.1 Å². The molecule has 0 spiro atoms. The van der Waals surface area contributed by atoms with Crippen LogP contribution in [0.15, 0.2) is 85.1 Å². The lowest BCUT2D eigenvalue weighted by molar-refractivity contribution is -0.711. The Kier molecular flexibility index (Phi) is 4.19. The Morgan fingerprint density at radius 1 is 1.04 bits per heavy atom. The van der Waals surface area contributed by atoms with Gasteiger partial charge in [-0.15, -0.1) is 0 Å². The Hall–Kier alpha value is -3.47. The zero-order chi connectivity index (χ0) is 17.9. The second-order valence-electron chi connectivity index (χ2n) is 6.06. The van der Waals surface area contributed by atoms with Crippen LogP contribution in [0.3, 0.4) is 0 Å². The van der Waals surface area contributed by atoms with Crippen molar-refractivity contribution in [3.63, 3.8) is 0 Å². The first kappa shape index (κ1) is 16.0. The predicted octanol–water partition coefficient (Wildman–Crippen LogP) is 3.39. The molecule has 5 nitrogen and oxygen atoms in total. The van der Waals surface area contributed by atoms with Crippen molar-refractivity contribution in [2.75, 3.05) is 0 Å². The number of para-hydroxylation sites is 1. The SMILES string of the molecule is CC1=COc2ccccc2C(=O)N1C[n+]1ccc(-c2ccccn2)cc1. The summed E-state index contributed by atoms with van der Waals surface area (Å²) in [6.45, 7) is 2.27. The molecule has 0 radical (unpaired) electrons. The molecule has 0 atom stereocenters. The van der Waals surface area contributed by atoms with Gasteiger partial charge >= 0.3 is 0 Å². The molecule has 1 aromatic carbocycles. The van der Waals surface area contributed by atoms with Gasteiger partial charge in [0.25, 0.3) is 5.91 Å². The summed E-state index contributed by atoms with van der Waals surface area (Å²) in [6.07, 6.45) is 7.29. The van der Waals surface area contributed by atoms with Gasteiger partial charge in [0.05, 0.1) is 17.0 Å². The van der Waals surface area contributed by atoms with Gasteiger partial charge in [-0.25, -0.2) is 0 Å². The molecule has 1 aliphatic rings. The summed E-state index contributed by atoms with van der Waals surface area (Å²) in [4.78, 5) is 19.0. The first-order valence-corrected chi connectivity index (χ1v) is 8.37. The van der Waals surface area contributed by atoms with Gasteiger partial charge in [0.15, 0.2) is 12.4 Å². The highest BCUT2D eigenvalue weighted by Crippen LogP contribution is 2.25. The van der Waals surface area contributed by atoms with Crippen LogP contribution in [0.5, 0.6) is 5.75 Å². The van der Waals surface area contributed by atoms with Crippen molar-refractivity contribution in [2.24, 2.45) is 0 Å². The average Bonchev–Trinajstić information content (AvgIpc) is 2.81. The molecule has 3 heterocycles. The van der Waals surface area contributed by atoms with E-state index in [4.69, 9.17) is 4.74 Å². The summed E-state index contributed by atoms with van der Waals surface area (Å²) in [5.74, 6) is 0.503. The molecule has 0 saturated carbocycles. The number of pyridine rings is 2. The van der Waals surface area contributed by atoms with Gasteiger partial charge in [-0.1, -0.05) is 18.2 Å². The van der Waals surface area contributed by atoms with Gasteiger partial charge < -0.3 is 4.74 Å². The van der Waals surface area contributed by atoms with Gasteiger partial charge in [-0.2, -0.15) is 4.57 Å². The Bertz CT molecular complexity index is 966. The van der Waals surface area contributed by atoms with E-state index < -0.39 is 0 Å². The number of rotatable bonds is 3. The van der Waals surface area contributed by atoms with Crippen LogP contribution in [0, 0.1) is 0 Å². The monoisotopic (exact) mass is 344 g/mol. The van der Waals surface area contributed by atoms with Crippen molar-refractivity contribution >= 4 is 5.91 Å². The van der Waals surface area contributed by atoms with Gasteiger partial charge in [0.2, 0.25) is 6.67 Å². The average molecular weight is 344 g/mol. The molecule has 4 rings (SSSR count). The minimum atomic E-state index is -0.0758. The van der Waals surface area contributed by atoms with Crippen LogP contribution in [0.25, 0.3) is 11.3 Å². The third kappa shape index (κ3) is 3.07. The van der Waals surface area contributed by atoms with E-state index in [1.807, 2.05) is 66.3 Å². The van der Waals surface area contributed by atoms with E-state index in [0.29, 0.717) is 18.0 Å². The van der Waals surface area contributed by atoms with E-state index >= 15 is 0 Å². The van der Waals surface area contributed by atoms with E-state index in [9.17, 15) is 4.79 Å². The maximum atomic E-state index is 12.9. The van der Waals surface area contributed by atoms with Crippen molar-refractivity contribution in [2.45, 2.75) is 13.6 Å². The lowest BCUT2D eigenvalue weighted by Gasteiger charge is -2.17. The number of carbonyl (C=O) groups excluding carboxylic acids is 1. The maximum absolute atomic E-state index is 12.9. The molecule has 128 valence electrons. The van der Waals surface area contributed by atoms with Crippen LogP contribution in [0.4, 0.5) is 0 Å². The van der Waals surface area contributed by atoms with Gasteiger partial charge in [0.1, 0.15) is 12.0 Å². The Morgan fingerprint density at radius 2 is 1.81 bits per heavy atom. The number of amides is 1. The van der Waals surface area contributed by atoms with Crippen molar-refractivity contribution in [3.05, 3.63) is 90.7 Å². The Balaban J connectivity index is 1.59. The number of hydrogen-bond acceptors (Lipinski definition) is 3. The predicted molar refractivity (Wildman–Crippen MR) is 96.9 cm³/mol. The van der Waals surface area contributed by atoms with Crippen LogP contribution in [0.1, 0.15) is 17.3 Å². The molecular weight excluding hydrogens is 326 g/mol. The van der Waals surface area contributed by atoms with Crippen molar-refractivity contribution in [1.29, 1.82) is 0 Å². The largest absolute Gasteiger partial charge is 0.462 e. The number of hydrogen-bond donors (Lipinski definition) is 0. The molecule has 26 heavy (non-hydrogen) atoms. The quantitative estimate of drug-likeness (QED) is 0.684. The number of ether oxygens (including phenoxy) is 1. The van der Waals surface area contributed by atoms with E-state index in [1.54, 1.807) is 29.5 Å². The summed E-state index contributed by atoms with van der Waals surface area (Å²) >= 11 is 0. The fourth-order valence-corrected chi connectivity index (χ4v) is 2.86. The topological polar surface area (TPSA) is 46.3 Å². The van der Waals surface area contributed by atoms with E-state index in [0.717, 1.165) is 17.0 Å². The normalized spacial score (nSPS) is 13.5. The van der Waals surface area contributed by atoms with E-state index in [1.165, 1.54) is 0 Å². The number of aromatic nitrogens is 2. The fraction of sp³-hybridized carbons (Fsp3) is 0.0952. The van der Waals surface area contributed by atoms with Crippen LogP contribution in [-0.2, 0) is 6.67 Å². The van der Waals surface area contributed by atoms with E-state index in [2.05, 4.69) is 4.98 Å². The van der Waals surface area contributed by atoms with Crippen molar-refractivity contribution in [1.82, 2.24) is 9.88 Å². The first-order chi connectivity index (χ1) is 12.7. The molecule has 3 aromatic rings. The van der Waals surface area contributed by atoms with Gasteiger partial charge in [-0.05, 0) is 31.2 Å². The summed E-state index contributed by atoms with van der Waals surface area (Å²) in [6, 6.07) is 17.1. The summed E-state index contributed by atoms with van der Waals surface area (Å²) in [5, 5.41) is 0. The highest BCUT2D eigenvalue weighted by molar-refractivity contribution is 5.98.